The lowest BCUT2D eigenvalue weighted by Crippen LogP contribution is -2.63. The van der Waals surface area contributed by atoms with E-state index in [2.05, 4.69) is 61.3 Å². The SMILES string of the molecule is CCCC1O[C@@H]2C[C@H]3[C@@H]4CCC5=CC(=O)C=C[C@]5(C)[C@H]4[C@@H](O)C[C@]3(C)[C@]2(C(=O)COCNC(=O)CNC(=O)CNC(=O)OCc2ccc(NC(=O)[C@H](CCCNC(N)=O)NC(=O)[C@@H](NC(=O)CCOCCOCCOCCOCCNC(=O)CCC(=O)N3Cc4ccccc4C#Cc4ccccc43)C(C)C)cc2)O1. The van der Waals surface area contributed by atoms with Gasteiger partial charge in [0.25, 0.3) is 0 Å². The molecule has 109 heavy (non-hydrogen) atoms. The van der Waals surface area contributed by atoms with E-state index in [1.165, 1.54) is 0 Å². The molecule has 2 heterocycles. The van der Waals surface area contributed by atoms with Crippen LogP contribution >= 0.6 is 0 Å². The second-order valence-electron chi connectivity index (χ2n) is 28.8. The van der Waals surface area contributed by atoms with Gasteiger partial charge in [0.1, 0.15) is 38.6 Å². The smallest absolute Gasteiger partial charge is 0.407 e. The molecule has 0 spiro atoms. The number of amides is 10. The number of benzene rings is 3. The maximum atomic E-state index is 14.5. The largest absolute Gasteiger partial charge is 0.445 e. The minimum Gasteiger partial charge on any atom is -0.445 e. The predicted octanol–water partition coefficient (Wildman–Crippen LogP) is 4.17. The first-order valence-electron chi connectivity index (χ1n) is 37.5. The number of urea groups is 1. The van der Waals surface area contributed by atoms with Crippen LogP contribution in [0, 0.1) is 46.3 Å². The molecule has 11 atom stereocenters. The summed E-state index contributed by atoms with van der Waals surface area (Å²) in [5.74, 6) is 1.97. The third kappa shape index (κ3) is 22.4. The average Bonchev–Trinajstić information content (AvgIpc) is 1.52. The van der Waals surface area contributed by atoms with Gasteiger partial charge in [-0.2, -0.15) is 0 Å². The number of carbonyl (C=O) groups is 11. The van der Waals surface area contributed by atoms with Gasteiger partial charge in [-0.1, -0.05) is 107 Å². The van der Waals surface area contributed by atoms with Gasteiger partial charge in [-0.25, -0.2) is 9.59 Å². The number of alkyl carbamates (subject to hydrolysis) is 1. The van der Waals surface area contributed by atoms with Crippen molar-refractivity contribution >= 4 is 76.4 Å². The van der Waals surface area contributed by atoms with Gasteiger partial charge in [0.05, 0.1) is 83.8 Å². The molecular formula is C79H104N10O20. The van der Waals surface area contributed by atoms with Crippen LogP contribution in [0.25, 0.3) is 0 Å². The topological polar surface area (TPSA) is 407 Å². The summed E-state index contributed by atoms with van der Waals surface area (Å²) < 4.78 is 46.4. The number of aliphatic hydroxyl groups excluding tert-OH is 1. The van der Waals surface area contributed by atoms with Crippen LogP contribution in [0.15, 0.2) is 96.6 Å². The van der Waals surface area contributed by atoms with Crippen molar-refractivity contribution in [2.75, 3.05) is 103 Å². The summed E-state index contributed by atoms with van der Waals surface area (Å²) in [4.78, 5) is 145. The van der Waals surface area contributed by atoms with Gasteiger partial charge in [0.15, 0.2) is 23.5 Å². The number of rotatable bonds is 41. The van der Waals surface area contributed by atoms with Crippen LogP contribution in [0.4, 0.5) is 21.0 Å². The van der Waals surface area contributed by atoms with Crippen LogP contribution in [0.3, 0.4) is 0 Å². The van der Waals surface area contributed by atoms with E-state index in [0.717, 1.165) is 35.1 Å². The summed E-state index contributed by atoms with van der Waals surface area (Å²) in [6, 6.07) is 18.5. The van der Waals surface area contributed by atoms with E-state index in [4.69, 9.17) is 43.6 Å². The zero-order valence-electron chi connectivity index (χ0n) is 62.7. The van der Waals surface area contributed by atoms with Crippen molar-refractivity contribution in [3.8, 4) is 11.8 Å². The molecule has 1 unspecified atom stereocenters. The van der Waals surface area contributed by atoms with E-state index in [1.807, 2.05) is 68.5 Å². The number of para-hydroxylation sites is 1. The van der Waals surface area contributed by atoms with Crippen molar-refractivity contribution < 1.29 is 95.7 Å². The van der Waals surface area contributed by atoms with Crippen molar-refractivity contribution in [1.29, 1.82) is 0 Å². The highest BCUT2D eigenvalue weighted by atomic mass is 16.7. The number of ether oxygens (including phenoxy) is 8. The Hall–Kier alpha value is -9.45. The van der Waals surface area contributed by atoms with E-state index < -0.39 is 114 Å². The molecule has 3 aromatic carbocycles. The molecule has 11 N–H and O–H groups in total. The van der Waals surface area contributed by atoms with Crippen molar-refractivity contribution in [1.82, 2.24) is 37.2 Å². The third-order valence-corrected chi connectivity index (χ3v) is 21.0. The number of anilines is 2. The van der Waals surface area contributed by atoms with E-state index in [0.29, 0.717) is 62.6 Å². The Bertz CT molecular complexity index is 3860. The lowest BCUT2D eigenvalue weighted by molar-refractivity contribution is -0.201. The molecule has 2 aliphatic heterocycles. The second kappa shape index (κ2) is 40.3. The Morgan fingerprint density at radius 2 is 1.40 bits per heavy atom. The molecule has 0 bridgehead atoms. The summed E-state index contributed by atoms with van der Waals surface area (Å²) in [7, 11) is 0. The maximum Gasteiger partial charge on any atom is 0.407 e. The number of aliphatic hydroxyl groups is 1. The number of primary amides is 1. The van der Waals surface area contributed by atoms with Crippen LogP contribution in [0.1, 0.15) is 128 Å². The fourth-order valence-electron chi connectivity index (χ4n) is 15.6. The molecule has 3 saturated carbocycles. The summed E-state index contributed by atoms with van der Waals surface area (Å²) in [6.07, 6.45) is 6.26. The van der Waals surface area contributed by atoms with Crippen molar-refractivity contribution in [2.24, 2.45) is 40.2 Å². The number of hydrogen-bond donors (Lipinski definition) is 10. The van der Waals surface area contributed by atoms with Gasteiger partial charge in [-0.3, -0.25) is 43.2 Å². The Morgan fingerprint density at radius 1 is 0.725 bits per heavy atom. The fourth-order valence-corrected chi connectivity index (χ4v) is 15.6. The predicted molar refractivity (Wildman–Crippen MR) is 397 cm³/mol. The zero-order chi connectivity index (χ0) is 78.1. The molecule has 9 rings (SSSR count). The average molecular weight is 1510 g/mol. The normalized spacial score (nSPS) is 23.1. The van der Waals surface area contributed by atoms with Crippen LogP contribution in [-0.2, 0) is 94.2 Å². The molecule has 30 heteroatoms. The first-order chi connectivity index (χ1) is 52.4. The number of nitrogens with one attached hydrogen (secondary N) is 8. The summed E-state index contributed by atoms with van der Waals surface area (Å²) in [5.41, 5.74) is 7.64. The van der Waals surface area contributed by atoms with Crippen molar-refractivity contribution in [2.45, 2.75) is 155 Å². The molecule has 590 valence electrons. The highest BCUT2D eigenvalue weighted by molar-refractivity contribution is 6.02. The monoisotopic (exact) mass is 1510 g/mol. The fraction of sp³-hybridized carbons (Fsp3) is 0.557. The molecule has 3 aromatic rings. The Morgan fingerprint density at radius 3 is 2.13 bits per heavy atom. The first-order valence-corrected chi connectivity index (χ1v) is 37.5. The Kier molecular flexibility index (Phi) is 30.9. The van der Waals surface area contributed by atoms with Crippen molar-refractivity contribution in [3.63, 3.8) is 0 Å². The number of nitrogens with two attached hydrogens (primary N) is 1. The highest BCUT2D eigenvalue weighted by Gasteiger charge is 2.76. The summed E-state index contributed by atoms with van der Waals surface area (Å²) in [5, 5.41) is 32.7. The third-order valence-electron chi connectivity index (χ3n) is 21.0. The number of allylic oxidation sites excluding steroid dienone is 4. The van der Waals surface area contributed by atoms with Gasteiger partial charge >= 0.3 is 12.1 Å². The molecule has 0 aromatic heterocycles. The zero-order valence-corrected chi connectivity index (χ0v) is 62.7. The quantitative estimate of drug-likeness (QED) is 0.0216. The van der Waals surface area contributed by atoms with Crippen molar-refractivity contribution in [3.05, 3.63) is 119 Å². The van der Waals surface area contributed by atoms with Crippen LogP contribution in [0.2, 0.25) is 0 Å². The molecular weight excluding hydrogens is 1410 g/mol. The number of fused-ring (bicyclic) bond motifs is 9. The second-order valence-corrected chi connectivity index (χ2v) is 28.8. The minimum atomic E-state index is -1.40. The highest BCUT2D eigenvalue weighted by Crippen LogP contribution is 2.70. The molecule has 1 saturated heterocycles. The van der Waals surface area contributed by atoms with E-state index >= 15 is 0 Å². The molecule has 4 fully saturated rings. The number of Topliss-reactive ketones (excluding diaryl/α,β-unsaturated/α-hetero) is 1. The maximum absolute atomic E-state index is 14.5. The Balaban J connectivity index is 0.600. The lowest BCUT2D eigenvalue weighted by atomic mass is 9.46. The number of nitrogens with zero attached hydrogens (tertiary/aromatic N) is 1. The van der Waals surface area contributed by atoms with Gasteiger partial charge < -0.3 is 96.2 Å². The van der Waals surface area contributed by atoms with Gasteiger partial charge in [-0.15, -0.1) is 0 Å². The molecule has 30 nitrogen and oxygen atoms in total. The molecule has 0 radical (unpaired) electrons. The standard InChI is InChI=1S/C79H104N10O20/c1-6-12-70-108-64-42-59-58-25-22-55-41-57(90)28-30-77(55,4)71(58)62(91)43-78(59,5)79(64,109-70)63(92)48-106-49-85-68(96)44-83-67(95)45-84-76(101)107-47-51-18-23-56(24-19-51)86-73(98)60(16-11-31-82-75(80)100)87-74(99)72(50(2)3)88-66(94)29-33-102-35-37-104-39-40-105-38-36-103-34-32-81-65(93)26-27-69(97)89-46-54-15-8-7-13-52(54)20-21-53-14-9-10-17-61(53)89/h7-10,13-15,17-19,23-24,28,30,41,50,58-60,62,64,70-72,91H,6,11-12,16,22,25-27,29,31-40,42-49H2,1-5H3,(H,81,93)(H,83,95)(H,84,101)(H,85,96)(H,86,98)(H,87,99)(H,88,94)(H3,80,82,100)/t58-,59-,60-,62-,64+,70?,71+,72-,77-,78-,79+/m0/s1. The number of carbonyl (C=O) groups excluding carboxylic acids is 11. The van der Waals surface area contributed by atoms with E-state index in [1.54, 1.807) is 55.2 Å². The van der Waals surface area contributed by atoms with Gasteiger partial charge in [-0.05, 0) is 116 Å². The molecule has 10 amide bonds. The minimum absolute atomic E-state index is 0.0237. The number of ketones is 2. The van der Waals surface area contributed by atoms with E-state index in [-0.39, 0.29) is 139 Å². The first kappa shape index (κ1) is 83.6. The van der Waals surface area contributed by atoms with Gasteiger partial charge in [0, 0.05) is 65.9 Å². The van der Waals surface area contributed by atoms with Crippen LogP contribution < -0.4 is 53.2 Å². The van der Waals surface area contributed by atoms with E-state index in [9.17, 15) is 57.8 Å². The summed E-state index contributed by atoms with van der Waals surface area (Å²) in [6.45, 7) is 10.2. The Labute approximate surface area is 634 Å². The molecule has 4 aliphatic carbocycles. The van der Waals surface area contributed by atoms with Crippen LogP contribution in [0.5, 0.6) is 0 Å². The van der Waals surface area contributed by atoms with Gasteiger partial charge in [0.2, 0.25) is 41.4 Å². The lowest BCUT2D eigenvalue weighted by Gasteiger charge is -2.59. The summed E-state index contributed by atoms with van der Waals surface area (Å²) >= 11 is 0. The van der Waals surface area contributed by atoms with Crippen LogP contribution in [-0.4, -0.2) is 199 Å². The molecule has 6 aliphatic rings. The number of hydrogen-bond acceptors (Lipinski definition) is 20.